The molecule has 41 heavy (non-hydrogen) atoms. The number of hydrogen-bond acceptors (Lipinski definition) is 8. The monoisotopic (exact) mass is 572 g/mol. The van der Waals surface area contributed by atoms with Crippen molar-refractivity contribution in [3.05, 3.63) is 107 Å². The molecule has 8 nitrogen and oxygen atoms in total. The molecule has 0 amide bonds. The van der Waals surface area contributed by atoms with E-state index in [1.807, 2.05) is 30.3 Å². The number of hydrazine groups is 2. The fraction of sp³-hybridized carbons (Fsp3) is 0.200. The van der Waals surface area contributed by atoms with Gasteiger partial charge in [-0.05, 0) is 61.8 Å². The van der Waals surface area contributed by atoms with Gasteiger partial charge in [-0.2, -0.15) is 5.26 Å². The zero-order chi connectivity index (χ0) is 28.3. The van der Waals surface area contributed by atoms with Crippen molar-refractivity contribution in [2.45, 2.75) is 24.9 Å². The topological polar surface area (TPSA) is 100 Å². The van der Waals surface area contributed by atoms with Gasteiger partial charge in [0, 0.05) is 35.2 Å². The number of benzene rings is 3. The third kappa shape index (κ3) is 5.60. The zero-order valence-corrected chi connectivity index (χ0v) is 22.6. The molecule has 2 aliphatic heterocycles. The Morgan fingerprint density at radius 1 is 1.02 bits per heavy atom. The van der Waals surface area contributed by atoms with Crippen molar-refractivity contribution in [1.82, 2.24) is 26.3 Å². The zero-order valence-electron chi connectivity index (χ0n) is 21.9. The van der Waals surface area contributed by atoms with Gasteiger partial charge >= 0.3 is 0 Å². The van der Waals surface area contributed by atoms with E-state index in [-0.39, 0.29) is 22.1 Å². The predicted molar refractivity (Wildman–Crippen MR) is 156 cm³/mol. The van der Waals surface area contributed by atoms with E-state index >= 15 is 4.39 Å². The highest BCUT2D eigenvalue weighted by Gasteiger charge is 2.27. The normalized spacial score (nSPS) is 16.1. The van der Waals surface area contributed by atoms with Crippen LogP contribution in [0.1, 0.15) is 30.0 Å². The number of nitrogens with zero attached hydrogens (tertiary/aromatic N) is 3. The number of nitriles is 1. The third-order valence-electron chi connectivity index (χ3n) is 7.30. The fourth-order valence-corrected chi connectivity index (χ4v) is 5.39. The molecule has 5 N–H and O–H groups in total. The van der Waals surface area contributed by atoms with Crippen molar-refractivity contribution in [2.75, 3.05) is 23.7 Å². The van der Waals surface area contributed by atoms with E-state index in [1.54, 1.807) is 6.07 Å². The number of rotatable bonds is 7. The van der Waals surface area contributed by atoms with Gasteiger partial charge in [0.1, 0.15) is 17.4 Å². The summed E-state index contributed by atoms with van der Waals surface area (Å²) in [5.74, 6) is -1.12. The summed E-state index contributed by atoms with van der Waals surface area (Å²) in [6.45, 7) is 1.92. The molecule has 0 bridgehead atoms. The first-order valence-corrected chi connectivity index (χ1v) is 13.7. The molecule has 0 radical (unpaired) electrons. The summed E-state index contributed by atoms with van der Waals surface area (Å²) in [5.41, 5.74) is 10.00. The van der Waals surface area contributed by atoms with Crippen LogP contribution in [0, 0.1) is 23.0 Å². The van der Waals surface area contributed by atoms with Crippen molar-refractivity contribution >= 4 is 39.6 Å². The smallest absolute Gasteiger partial charge is 0.151 e. The van der Waals surface area contributed by atoms with Crippen LogP contribution in [-0.2, 0) is 0 Å². The highest BCUT2D eigenvalue weighted by molar-refractivity contribution is 6.31. The molecule has 1 aromatic heterocycles. The predicted octanol–water partition coefficient (Wildman–Crippen LogP) is 5.85. The molecule has 4 aromatic rings. The lowest BCUT2D eigenvalue weighted by molar-refractivity contribution is 0.162. The van der Waals surface area contributed by atoms with E-state index in [0.717, 1.165) is 37.2 Å². The Labute approximate surface area is 241 Å². The molecule has 1 fully saturated rings. The molecule has 3 aromatic carbocycles. The first-order valence-electron chi connectivity index (χ1n) is 13.3. The minimum atomic E-state index is -0.565. The Kier molecular flexibility index (Phi) is 7.57. The minimum Gasteiger partial charge on any atom is -0.373 e. The molecule has 0 aliphatic carbocycles. The second kappa shape index (κ2) is 11.6. The molecule has 0 saturated carbocycles. The largest absolute Gasteiger partial charge is 0.373 e. The molecule has 0 spiro atoms. The molecule has 1 atom stereocenters. The second-order valence-electron chi connectivity index (χ2n) is 9.96. The Morgan fingerprint density at radius 3 is 2.59 bits per heavy atom. The summed E-state index contributed by atoms with van der Waals surface area (Å²) in [5, 5.41) is 22.2. The lowest BCUT2D eigenvalue weighted by Crippen LogP contribution is -2.47. The molecule has 3 heterocycles. The Bertz CT molecular complexity index is 1650. The molecule has 208 valence electrons. The van der Waals surface area contributed by atoms with Crippen LogP contribution in [0.25, 0.3) is 10.9 Å². The maximum absolute atomic E-state index is 15.5. The van der Waals surface area contributed by atoms with Gasteiger partial charge in [-0.25, -0.2) is 8.78 Å². The van der Waals surface area contributed by atoms with Gasteiger partial charge in [0.15, 0.2) is 5.82 Å². The van der Waals surface area contributed by atoms with E-state index in [2.05, 4.69) is 49.2 Å². The standard InChI is InChI=1S/C30H27ClF2N8/c31-24-13-20(6-7-25(24)32)37-28-19(15-34)16-36-30-23(28)12-21(14-26(30)33)38-29(18-4-2-1-3-5-18)27-17-41(40-39-27)22-8-10-35-11-9-22/h1-7,12-14,16-17,22,29,35,38-40H,8-11H2,(H,36,37)/t29-/m0/s1. The van der Waals surface area contributed by atoms with Crippen LogP contribution in [0.5, 0.6) is 0 Å². The number of halogens is 3. The highest BCUT2D eigenvalue weighted by Crippen LogP contribution is 2.35. The summed E-state index contributed by atoms with van der Waals surface area (Å²) in [6, 6.07) is 19.3. The van der Waals surface area contributed by atoms with E-state index in [9.17, 15) is 9.65 Å². The summed E-state index contributed by atoms with van der Waals surface area (Å²) in [4.78, 5) is 4.21. The van der Waals surface area contributed by atoms with Crippen LogP contribution in [0.4, 0.5) is 25.8 Å². The maximum atomic E-state index is 15.5. The molecular weight excluding hydrogens is 546 g/mol. The van der Waals surface area contributed by atoms with Gasteiger partial charge < -0.3 is 21.4 Å². The second-order valence-corrected chi connectivity index (χ2v) is 10.4. The third-order valence-corrected chi connectivity index (χ3v) is 7.59. The van der Waals surface area contributed by atoms with E-state index < -0.39 is 11.6 Å². The first-order chi connectivity index (χ1) is 20.0. The van der Waals surface area contributed by atoms with Crippen molar-refractivity contribution in [3.63, 3.8) is 0 Å². The van der Waals surface area contributed by atoms with Crippen molar-refractivity contribution in [3.8, 4) is 6.07 Å². The summed E-state index contributed by atoms with van der Waals surface area (Å²) in [6.07, 6.45) is 5.40. The van der Waals surface area contributed by atoms with Crippen LogP contribution in [0.2, 0.25) is 5.02 Å². The number of piperidine rings is 1. The lowest BCUT2D eigenvalue weighted by atomic mass is 10.0. The minimum absolute atomic E-state index is 0.0735. The lowest BCUT2D eigenvalue weighted by Gasteiger charge is -2.30. The average Bonchev–Trinajstić information content (AvgIpc) is 3.49. The Balaban J connectivity index is 1.38. The van der Waals surface area contributed by atoms with Gasteiger partial charge in [0.2, 0.25) is 0 Å². The van der Waals surface area contributed by atoms with Crippen LogP contribution in [0.3, 0.4) is 0 Å². The van der Waals surface area contributed by atoms with Crippen LogP contribution < -0.4 is 26.9 Å². The first kappa shape index (κ1) is 26.8. The number of anilines is 3. The van der Waals surface area contributed by atoms with Crippen molar-refractivity contribution in [1.29, 1.82) is 5.26 Å². The van der Waals surface area contributed by atoms with Crippen molar-refractivity contribution in [2.24, 2.45) is 0 Å². The number of pyridine rings is 1. The van der Waals surface area contributed by atoms with Crippen LogP contribution >= 0.6 is 11.6 Å². The van der Waals surface area contributed by atoms with Gasteiger partial charge in [-0.1, -0.05) is 41.9 Å². The molecular formula is C30H27ClF2N8. The number of hydrogen-bond donors (Lipinski definition) is 5. The van der Waals surface area contributed by atoms with E-state index in [0.29, 0.717) is 28.5 Å². The van der Waals surface area contributed by atoms with E-state index in [1.165, 1.54) is 30.5 Å². The summed E-state index contributed by atoms with van der Waals surface area (Å²) in [7, 11) is 0. The summed E-state index contributed by atoms with van der Waals surface area (Å²) < 4.78 is 29.3. The molecule has 11 heteroatoms. The fourth-order valence-electron chi connectivity index (χ4n) is 5.21. The van der Waals surface area contributed by atoms with E-state index in [4.69, 9.17) is 11.6 Å². The van der Waals surface area contributed by atoms with Crippen molar-refractivity contribution < 1.29 is 8.78 Å². The molecule has 0 unspecified atom stereocenters. The SMILES string of the molecule is N#Cc1cnc2c(F)cc(N[C@H](C3=CN(C4CCNCC4)NN3)c3ccccc3)cc2c1Nc1ccc(F)c(Cl)c1. The van der Waals surface area contributed by atoms with Gasteiger partial charge in [0.25, 0.3) is 0 Å². The number of aromatic nitrogens is 1. The Morgan fingerprint density at radius 2 is 1.83 bits per heavy atom. The average molecular weight is 573 g/mol. The maximum Gasteiger partial charge on any atom is 0.151 e. The molecule has 6 rings (SSSR count). The quantitative estimate of drug-likeness (QED) is 0.188. The van der Waals surface area contributed by atoms with Gasteiger partial charge in [0.05, 0.1) is 28.0 Å². The highest BCUT2D eigenvalue weighted by atomic mass is 35.5. The number of fused-ring (bicyclic) bond motifs is 1. The van der Waals surface area contributed by atoms with Crippen LogP contribution in [0.15, 0.2) is 78.8 Å². The molecule has 2 aliphatic rings. The molecule has 1 saturated heterocycles. The van der Waals surface area contributed by atoms with Gasteiger partial charge in [-0.15, -0.1) is 5.53 Å². The van der Waals surface area contributed by atoms with Gasteiger partial charge in [-0.3, -0.25) is 9.99 Å². The summed E-state index contributed by atoms with van der Waals surface area (Å²) >= 11 is 5.97. The number of nitrogens with one attached hydrogen (secondary N) is 5. The van der Waals surface area contributed by atoms with Crippen LogP contribution in [-0.4, -0.2) is 29.1 Å². The Hall–Kier alpha value is -4.43.